The lowest BCUT2D eigenvalue weighted by molar-refractivity contribution is 1.74. The van der Waals surface area contributed by atoms with E-state index in [1.165, 1.54) is 32.3 Å². The third-order valence-electron chi connectivity index (χ3n) is 6.60. The van der Waals surface area contributed by atoms with Crippen LogP contribution >= 0.6 is 0 Å². The van der Waals surface area contributed by atoms with Crippen LogP contribution in [0.2, 0.25) is 0 Å². The first-order valence-corrected chi connectivity index (χ1v) is 9.30. The van der Waals surface area contributed by atoms with E-state index in [9.17, 15) is 0 Å². The van der Waals surface area contributed by atoms with Crippen molar-refractivity contribution in [3.63, 3.8) is 0 Å². The normalized spacial score (nSPS) is 12.9. The number of rotatable bonds is 0. The molecule has 0 aliphatic rings. The first-order valence-electron chi connectivity index (χ1n) is 9.30. The fraction of sp³-hybridized carbons (Fsp3) is 0. The van der Waals surface area contributed by atoms with Gasteiger partial charge in [0.15, 0.2) is 0 Å². The van der Waals surface area contributed by atoms with Crippen LogP contribution in [0.15, 0.2) is 48.5 Å². The smallest absolute Gasteiger partial charge is 0.0656 e. The summed E-state index contributed by atoms with van der Waals surface area (Å²) < 4.78 is 0. The summed E-state index contributed by atoms with van der Waals surface area (Å²) in [6.07, 6.45) is 0. The molecule has 0 atom stereocenters. The van der Waals surface area contributed by atoms with Crippen LogP contribution in [-0.2, 0) is 0 Å². The summed E-state index contributed by atoms with van der Waals surface area (Å²) in [5.74, 6) is 0. The van der Waals surface area contributed by atoms with Crippen LogP contribution in [0, 0.1) is 0 Å². The van der Waals surface area contributed by atoms with Gasteiger partial charge in [-0.15, -0.1) is 0 Å². The molecule has 0 fully saturated rings. The maximum atomic E-state index is 6.51. The SMILES string of the molecule is Nc1c(N)c2c(N)c(N)c3ccc4ccc5ccc6ccc1c1c6c5c4c3c21. The minimum Gasteiger partial charge on any atom is -0.397 e. The highest BCUT2D eigenvalue weighted by Gasteiger charge is 2.25. The van der Waals surface area contributed by atoms with Gasteiger partial charge in [-0.25, -0.2) is 0 Å². The van der Waals surface area contributed by atoms with E-state index in [0.717, 1.165) is 32.3 Å². The van der Waals surface area contributed by atoms with Gasteiger partial charge in [-0.1, -0.05) is 48.5 Å². The van der Waals surface area contributed by atoms with Crippen LogP contribution in [0.5, 0.6) is 0 Å². The molecule has 0 bridgehead atoms. The van der Waals surface area contributed by atoms with Crippen LogP contribution in [0.3, 0.4) is 0 Å². The van der Waals surface area contributed by atoms with Gasteiger partial charge in [0.25, 0.3) is 0 Å². The molecule has 7 aromatic carbocycles. The predicted octanol–water partition coefficient (Wildman–Crippen LogP) is 5.25. The minimum atomic E-state index is 0.511. The molecule has 0 spiro atoms. The Kier molecular flexibility index (Phi) is 2.10. The van der Waals surface area contributed by atoms with Gasteiger partial charge in [-0.05, 0) is 32.3 Å². The molecule has 0 aliphatic carbocycles. The van der Waals surface area contributed by atoms with Gasteiger partial charge in [-0.3, -0.25) is 0 Å². The Labute approximate surface area is 159 Å². The van der Waals surface area contributed by atoms with Crippen LogP contribution in [0.1, 0.15) is 0 Å². The standard InChI is InChI=1S/C24H16N4/c25-21-12-7-5-10-3-1-9-2-4-11-6-8-13-18-16(11)14(9)15(10)17(12)19(18)20(23(21)27)24(28)22(13)26/h1-8H,25-28H2. The summed E-state index contributed by atoms with van der Waals surface area (Å²) in [6.45, 7) is 0. The van der Waals surface area contributed by atoms with Crippen LogP contribution in [0.25, 0.3) is 64.6 Å². The Bertz CT molecular complexity index is 1620. The molecule has 0 aliphatic heterocycles. The molecule has 7 aromatic rings. The van der Waals surface area contributed by atoms with Crippen molar-refractivity contribution in [2.45, 2.75) is 0 Å². The Balaban J connectivity index is 2.10. The van der Waals surface area contributed by atoms with Crippen LogP contribution in [-0.4, -0.2) is 0 Å². The highest BCUT2D eigenvalue weighted by molar-refractivity contribution is 6.48. The predicted molar refractivity (Wildman–Crippen MR) is 123 cm³/mol. The number of nitrogens with two attached hydrogens (primary N) is 4. The zero-order chi connectivity index (χ0) is 18.9. The molecule has 28 heavy (non-hydrogen) atoms. The molecular formula is C24H16N4. The zero-order valence-corrected chi connectivity index (χ0v) is 14.9. The molecule has 0 aromatic heterocycles. The summed E-state index contributed by atoms with van der Waals surface area (Å²) in [6, 6.07) is 17.1. The lowest BCUT2D eigenvalue weighted by atomic mass is 9.81. The number of nitrogen functional groups attached to an aromatic ring is 4. The molecule has 7 rings (SSSR count). The highest BCUT2D eigenvalue weighted by atomic mass is 14.7. The second kappa shape index (κ2) is 4.15. The number of benzene rings is 7. The molecule has 0 saturated heterocycles. The van der Waals surface area contributed by atoms with E-state index in [0.29, 0.717) is 22.7 Å². The topological polar surface area (TPSA) is 104 Å². The quantitative estimate of drug-likeness (QED) is 0.168. The first-order chi connectivity index (χ1) is 13.6. The number of hydrogen-bond donors (Lipinski definition) is 4. The third-order valence-corrected chi connectivity index (χ3v) is 6.60. The van der Waals surface area contributed by atoms with Crippen molar-refractivity contribution < 1.29 is 0 Å². The average molecular weight is 360 g/mol. The average Bonchev–Trinajstić information content (AvgIpc) is 2.72. The van der Waals surface area contributed by atoms with E-state index in [4.69, 9.17) is 22.9 Å². The summed E-state index contributed by atoms with van der Waals surface area (Å²) in [5.41, 5.74) is 28.2. The van der Waals surface area contributed by atoms with Crippen molar-refractivity contribution in [3.05, 3.63) is 48.5 Å². The summed E-state index contributed by atoms with van der Waals surface area (Å²) in [4.78, 5) is 0. The molecule has 8 N–H and O–H groups in total. The third kappa shape index (κ3) is 1.26. The highest BCUT2D eigenvalue weighted by Crippen LogP contribution is 2.54. The summed E-state index contributed by atoms with van der Waals surface area (Å²) in [7, 11) is 0. The van der Waals surface area contributed by atoms with Crippen molar-refractivity contribution in [1.29, 1.82) is 0 Å². The molecule has 0 radical (unpaired) electrons. The molecule has 0 amide bonds. The molecule has 4 heteroatoms. The van der Waals surface area contributed by atoms with E-state index in [2.05, 4.69) is 48.5 Å². The Morgan fingerprint density at radius 1 is 0.321 bits per heavy atom. The monoisotopic (exact) mass is 360 g/mol. The molecule has 0 unspecified atom stereocenters. The number of hydrogen-bond acceptors (Lipinski definition) is 4. The first kappa shape index (κ1) is 14.2. The van der Waals surface area contributed by atoms with Crippen molar-refractivity contribution in [3.8, 4) is 0 Å². The molecule has 132 valence electrons. The lowest BCUT2D eigenvalue weighted by Crippen LogP contribution is -2.05. The second-order valence-corrected chi connectivity index (χ2v) is 7.81. The maximum Gasteiger partial charge on any atom is 0.0656 e. The van der Waals surface area contributed by atoms with E-state index < -0.39 is 0 Å². The van der Waals surface area contributed by atoms with Crippen molar-refractivity contribution in [2.24, 2.45) is 0 Å². The maximum absolute atomic E-state index is 6.51. The summed E-state index contributed by atoms with van der Waals surface area (Å²) in [5, 5.41) is 13.4. The Morgan fingerprint density at radius 2 is 0.679 bits per heavy atom. The molecule has 4 nitrogen and oxygen atoms in total. The van der Waals surface area contributed by atoms with Gasteiger partial charge in [-0.2, -0.15) is 0 Å². The van der Waals surface area contributed by atoms with E-state index in [1.807, 2.05) is 0 Å². The largest absolute Gasteiger partial charge is 0.397 e. The van der Waals surface area contributed by atoms with Gasteiger partial charge in [0.2, 0.25) is 0 Å². The van der Waals surface area contributed by atoms with Gasteiger partial charge in [0.05, 0.1) is 22.7 Å². The Hall–Kier alpha value is -3.92. The van der Waals surface area contributed by atoms with E-state index >= 15 is 0 Å². The molecular weight excluding hydrogens is 344 g/mol. The van der Waals surface area contributed by atoms with Crippen molar-refractivity contribution in [1.82, 2.24) is 0 Å². The fourth-order valence-electron chi connectivity index (χ4n) is 5.37. The number of anilines is 4. The van der Waals surface area contributed by atoms with E-state index in [1.54, 1.807) is 0 Å². The fourth-order valence-corrected chi connectivity index (χ4v) is 5.37. The molecule has 0 heterocycles. The van der Waals surface area contributed by atoms with Crippen molar-refractivity contribution >= 4 is 87.4 Å². The van der Waals surface area contributed by atoms with Gasteiger partial charge < -0.3 is 22.9 Å². The van der Waals surface area contributed by atoms with Crippen LogP contribution < -0.4 is 22.9 Å². The van der Waals surface area contributed by atoms with E-state index in [-0.39, 0.29) is 0 Å². The van der Waals surface area contributed by atoms with Gasteiger partial charge >= 0.3 is 0 Å². The second-order valence-electron chi connectivity index (χ2n) is 7.81. The summed E-state index contributed by atoms with van der Waals surface area (Å²) >= 11 is 0. The lowest BCUT2D eigenvalue weighted by Gasteiger charge is -2.24. The van der Waals surface area contributed by atoms with Gasteiger partial charge in [0.1, 0.15) is 0 Å². The Morgan fingerprint density at radius 3 is 1.11 bits per heavy atom. The van der Waals surface area contributed by atoms with Crippen LogP contribution in [0.4, 0.5) is 22.7 Å². The van der Waals surface area contributed by atoms with Crippen molar-refractivity contribution in [2.75, 3.05) is 22.9 Å². The minimum absolute atomic E-state index is 0.511. The van der Waals surface area contributed by atoms with Gasteiger partial charge in [0, 0.05) is 32.3 Å². The zero-order valence-electron chi connectivity index (χ0n) is 14.9. The molecule has 0 saturated carbocycles.